The molecular weight excluding hydrogens is 439 g/mol. The molecule has 1 aromatic heterocycles. The molecule has 1 saturated heterocycles. The summed E-state index contributed by atoms with van der Waals surface area (Å²) < 4.78 is 26.1. The molecule has 0 aliphatic carbocycles. The molecule has 1 aliphatic heterocycles. The Balaban J connectivity index is 0.000000289. The molecule has 1 aliphatic rings. The first-order valence-electron chi connectivity index (χ1n) is 8.44. The molecule has 1 atom stereocenters. The molecule has 6 nitrogen and oxygen atoms in total. The topological polar surface area (TPSA) is 115 Å². The van der Waals surface area contributed by atoms with E-state index in [1.54, 1.807) is 12.3 Å². The van der Waals surface area contributed by atoms with E-state index in [9.17, 15) is 8.78 Å². The van der Waals surface area contributed by atoms with Crippen LogP contribution in [0.5, 0.6) is 0 Å². The predicted molar refractivity (Wildman–Crippen MR) is 106 cm³/mol. The molecule has 1 fully saturated rings. The number of benzene rings is 1. The fourth-order valence-electron chi connectivity index (χ4n) is 2.43. The Bertz CT molecular complexity index is 807. The number of aliphatic imine (C=N–C) groups is 1. The summed E-state index contributed by atoms with van der Waals surface area (Å²) in [6, 6.07) is 6.15. The van der Waals surface area contributed by atoms with E-state index in [0.717, 1.165) is 31.8 Å². The van der Waals surface area contributed by atoms with Gasteiger partial charge in [-0.2, -0.15) is 0 Å². The molecule has 9 heteroatoms. The van der Waals surface area contributed by atoms with E-state index in [0.29, 0.717) is 5.92 Å². The fourth-order valence-corrected chi connectivity index (χ4v) is 2.43. The molecule has 1 unspecified atom stereocenters. The second-order valence-electron chi connectivity index (χ2n) is 5.94. The molecular formula is C19H22F2N6Y-2. The van der Waals surface area contributed by atoms with Gasteiger partial charge in [0.25, 0.3) is 0 Å². The predicted octanol–water partition coefficient (Wildman–Crippen LogP) is 4.21. The first-order valence-corrected chi connectivity index (χ1v) is 8.44. The van der Waals surface area contributed by atoms with Crippen molar-refractivity contribution in [3.05, 3.63) is 65.3 Å². The molecule has 1 radical (unpaired) electrons. The third kappa shape index (κ3) is 7.62. The maximum absolute atomic E-state index is 13.4. The average Bonchev–Trinajstić information content (AvgIpc) is 3.15. The van der Waals surface area contributed by atoms with Crippen LogP contribution in [0.1, 0.15) is 6.42 Å². The number of anilines is 1. The van der Waals surface area contributed by atoms with Gasteiger partial charge in [-0.25, -0.2) is 8.78 Å². The Kier molecular flexibility index (Phi) is 10.8. The normalized spacial score (nSPS) is 16.0. The van der Waals surface area contributed by atoms with Gasteiger partial charge < -0.3 is 27.5 Å². The van der Waals surface area contributed by atoms with Crippen molar-refractivity contribution in [2.75, 3.05) is 25.4 Å². The number of halogens is 2. The summed E-state index contributed by atoms with van der Waals surface area (Å²) in [5.41, 5.74) is 18.6. The summed E-state index contributed by atoms with van der Waals surface area (Å²) in [7, 11) is 0. The summed E-state index contributed by atoms with van der Waals surface area (Å²) >= 11 is 0. The Hall–Kier alpha value is -1.90. The minimum Gasteiger partial charge on any atom is -0.662 e. The van der Waals surface area contributed by atoms with E-state index in [1.165, 1.54) is 30.8 Å². The zero-order valence-corrected chi connectivity index (χ0v) is 18.2. The van der Waals surface area contributed by atoms with Crippen molar-refractivity contribution in [1.29, 1.82) is 0 Å². The third-order valence-corrected chi connectivity index (χ3v) is 3.88. The summed E-state index contributed by atoms with van der Waals surface area (Å²) in [5.74, 6) is -0.807. The minimum atomic E-state index is -0.711. The maximum atomic E-state index is 13.4. The maximum Gasteiger partial charge on any atom is 0.133 e. The first-order chi connectivity index (χ1) is 13.0. The number of hydrogen-bond donors (Lipinski definition) is 2. The van der Waals surface area contributed by atoms with Gasteiger partial charge in [-0.1, -0.05) is 12.5 Å². The van der Waals surface area contributed by atoms with E-state index >= 15 is 0 Å². The smallest absolute Gasteiger partial charge is 0.133 e. The molecule has 0 bridgehead atoms. The van der Waals surface area contributed by atoms with Crippen molar-refractivity contribution in [3.8, 4) is 11.3 Å². The largest absolute Gasteiger partial charge is 0.662 e. The van der Waals surface area contributed by atoms with Crippen LogP contribution < -0.4 is 11.5 Å². The molecule has 5 N–H and O–H groups in total. The summed E-state index contributed by atoms with van der Waals surface area (Å²) in [6.45, 7) is 2.91. The Morgan fingerprint density at radius 1 is 1.29 bits per heavy atom. The van der Waals surface area contributed by atoms with Gasteiger partial charge in [-0.05, 0) is 47.9 Å². The van der Waals surface area contributed by atoms with Gasteiger partial charge in [0.2, 0.25) is 0 Å². The molecule has 0 amide bonds. The molecule has 3 rings (SSSR count). The molecule has 0 spiro atoms. The van der Waals surface area contributed by atoms with Crippen molar-refractivity contribution in [3.63, 3.8) is 0 Å². The number of allylic oxidation sites excluding steroid dienone is 1. The van der Waals surface area contributed by atoms with Crippen LogP contribution in [0.25, 0.3) is 22.3 Å². The van der Waals surface area contributed by atoms with E-state index in [1.807, 2.05) is 0 Å². The molecule has 1 aromatic carbocycles. The second kappa shape index (κ2) is 12.5. The van der Waals surface area contributed by atoms with Crippen LogP contribution in [-0.4, -0.2) is 30.8 Å². The van der Waals surface area contributed by atoms with Gasteiger partial charge in [0.05, 0.1) is 0 Å². The molecule has 28 heavy (non-hydrogen) atoms. The van der Waals surface area contributed by atoms with Crippen LogP contribution >= 0.6 is 0 Å². The quantitative estimate of drug-likeness (QED) is 0.665. The van der Waals surface area contributed by atoms with Gasteiger partial charge in [0.15, 0.2) is 0 Å². The van der Waals surface area contributed by atoms with Crippen LogP contribution in [0.2, 0.25) is 0 Å². The van der Waals surface area contributed by atoms with Crippen molar-refractivity contribution >= 4 is 17.7 Å². The number of rotatable bonds is 4. The zero-order chi connectivity index (χ0) is 19.6. The zero-order valence-electron chi connectivity index (χ0n) is 15.4. The number of nitrogens with two attached hydrogens (primary N) is 2. The molecule has 2 aromatic rings. The van der Waals surface area contributed by atoms with Gasteiger partial charge >= 0.3 is 0 Å². The summed E-state index contributed by atoms with van der Waals surface area (Å²) in [6.07, 6.45) is 6.18. The fraction of sp³-hybridized carbons (Fsp3) is 0.263. The van der Waals surface area contributed by atoms with Crippen LogP contribution in [0.15, 0.2) is 47.6 Å². The van der Waals surface area contributed by atoms with Gasteiger partial charge in [0, 0.05) is 62.8 Å². The van der Waals surface area contributed by atoms with E-state index < -0.39 is 11.6 Å². The van der Waals surface area contributed by atoms with E-state index in [2.05, 4.69) is 15.3 Å². The number of nitrogen functional groups attached to an aromatic ring is 1. The standard InChI is InChI=1S/C11H8F2N3.C8H14N3.Y/c12-6-1-2-7(8(13)5-6)10-4-3-9(14)11(15)16-10;9-3-1-4-10-6-8-2-5-11-7-8;/h1-5H,14H2,(H-,15,16);1,3-4,8H,2,5-7,9H2;/q2*-1;/b;3-1+,10-4?;. The van der Waals surface area contributed by atoms with Gasteiger partial charge in [0.1, 0.15) is 11.6 Å². The molecule has 0 saturated carbocycles. The number of hydrogen-bond acceptors (Lipinski definition) is 4. The average molecular weight is 461 g/mol. The Morgan fingerprint density at radius 3 is 2.68 bits per heavy atom. The number of pyridine rings is 1. The monoisotopic (exact) mass is 461 g/mol. The van der Waals surface area contributed by atoms with E-state index in [-0.39, 0.29) is 55.5 Å². The van der Waals surface area contributed by atoms with Gasteiger partial charge in [-0.3, -0.25) is 4.99 Å². The van der Waals surface area contributed by atoms with Crippen LogP contribution in [0, 0.1) is 17.6 Å². The SMILES string of the molecule is N/C=C/C=NCC1CC[N-]C1.[NH-]c1nc(-c2ccc(F)cc2F)ccc1N.[Y]. The first kappa shape index (κ1) is 24.1. The van der Waals surface area contributed by atoms with Crippen LogP contribution in [0.4, 0.5) is 20.3 Å². The van der Waals surface area contributed by atoms with Crippen LogP contribution in [0.3, 0.4) is 0 Å². The van der Waals surface area contributed by atoms with Crippen molar-refractivity contribution in [1.82, 2.24) is 4.98 Å². The van der Waals surface area contributed by atoms with Crippen LogP contribution in [-0.2, 0) is 32.7 Å². The minimum absolute atomic E-state index is 0. The van der Waals surface area contributed by atoms with E-state index in [4.69, 9.17) is 17.2 Å². The van der Waals surface area contributed by atoms with Crippen molar-refractivity contribution in [2.24, 2.45) is 16.6 Å². The summed E-state index contributed by atoms with van der Waals surface area (Å²) in [5, 5.41) is 4.25. The Labute approximate surface area is 188 Å². The number of aromatic nitrogens is 1. The number of nitrogens with one attached hydrogen (secondary N) is 1. The van der Waals surface area contributed by atoms with Crippen molar-refractivity contribution in [2.45, 2.75) is 6.42 Å². The second-order valence-corrected chi connectivity index (χ2v) is 5.94. The van der Waals surface area contributed by atoms with Crippen molar-refractivity contribution < 1.29 is 41.5 Å². The number of nitrogens with zero attached hydrogens (tertiary/aromatic N) is 3. The third-order valence-electron chi connectivity index (χ3n) is 3.88. The van der Waals surface area contributed by atoms with Gasteiger partial charge in [-0.15, -0.1) is 13.1 Å². The summed E-state index contributed by atoms with van der Waals surface area (Å²) in [4.78, 5) is 8.00. The molecule has 2 heterocycles. The molecule has 147 valence electrons. The Morgan fingerprint density at radius 2 is 2.07 bits per heavy atom.